The molecule has 0 aliphatic carbocycles. The minimum Gasteiger partial charge on any atom is -0.486 e. The molecule has 0 radical (unpaired) electrons. The maximum atomic E-state index is 12.0. The Bertz CT molecular complexity index is 759. The van der Waals surface area contributed by atoms with Crippen LogP contribution in [-0.4, -0.2) is 41.7 Å². The van der Waals surface area contributed by atoms with Crippen molar-refractivity contribution in [1.29, 1.82) is 0 Å². The van der Waals surface area contributed by atoms with E-state index < -0.39 is 5.97 Å². The molecule has 2 heterocycles. The van der Waals surface area contributed by atoms with Gasteiger partial charge >= 0.3 is 5.97 Å². The summed E-state index contributed by atoms with van der Waals surface area (Å²) < 4.78 is 10.9. The van der Waals surface area contributed by atoms with E-state index in [2.05, 4.69) is 10.3 Å². The lowest BCUT2D eigenvalue weighted by Crippen LogP contribution is -2.27. The standard InChI is InChI=1S/C16H16N2O5S/c19-14(17-4-3-15-18-11(9-24-15)16(20)21)8-10-1-2-12-13(7-10)23-6-5-22-12/h1-2,7,9H,3-6,8H2,(H,17,19)(H,20,21). The average molecular weight is 348 g/mol. The number of hydrogen-bond donors (Lipinski definition) is 2. The maximum Gasteiger partial charge on any atom is 0.355 e. The molecule has 1 amide bonds. The summed E-state index contributed by atoms with van der Waals surface area (Å²) in [6.45, 7) is 1.46. The van der Waals surface area contributed by atoms with Gasteiger partial charge in [0.05, 0.1) is 11.4 Å². The highest BCUT2D eigenvalue weighted by Gasteiger charge is 2.13. The Morgan fingerprint density at radius 3 is 2.79 bits per heavy atom. The molecule has 8 heteroatoms. The Balaban J connectivity index is 1.48. The van der Waals surface area contributed by atoms with Crippen LogP contribution in [0.15, 0.2) is 23.6 Å². The van der Waals surface area contributed by atoms with Crippen LogP contribution in [0.3, 0.4) is 0 Å². The third kappa shape index (κ3) is 4.02. The van der Waals surface area contributed by atoms with E-state index in [0.29, 0.717) is 42.7 Å². The zero-order valence-electron chi connectivity index (χ0n) is 12.8. The van der Waals surface area contributed by atoms with Crippen molar-refractivity contribution in [2.75, 3.05) is 19.8 Å². The smallest absolute Gasteiger partial charge is 0.355 e. The van der Waals surface area contributed by atoms with Crippen molar-refractivity contribution < 1.29 is 24.2 Å². The van der Waals surface area contributed by atoms with Crippen LogP contribution in [0.1, 0.15) is 21.1 Å². The summed E-state index contributed by atoms with van der Waals surface area (Å²) in [4.78, 5) is 26.7. The molecule has 24 heavy (non-hydrogen) atoms. The summed E-state index contributed by atoms with van der Waals surface area (Å²) in [5, 5.41) is 13.8. The summed E-state index contributed by atoms with van der Waals surface area (Å²) >= 11 is 1.28. The van der Waals surface area contributed by atoms with Crippen molar-refractivity contribution in [3.63, 3.8) is 0 Å². The fraction of sp³-hybridized carbons (Fsp3) is 0.312. The predicted molar refractivity (Wildman–Crippen MR) is 86.9 cm³/mol. The minimum absolute atomic E-state index is 0.0394. The third-order valence-corrected chi connectivity index (χ3v) is 4.31. The fourth-order valence-electron chi connectivity index (χ4n) is 2.28. The summed E-state index contributed by atoms with van der Waals surface area (Å²) in [6.07, 6.45) is 0.750. The van der Waals surface area contributed by atoms with Gasteiger partial charge in [-0.05, 0) is 17.7 Å². The zero-order valence-corrected chi connectivity index (χ0v) is 13.6. The largest absolute Gasteiger partial charge is 0.486 e. The summed E-state index contributed by atoms with van der Waals surface area (Å²) in [5.74, 6) is 0.209. The van der Waals surface area contributed by atoms with Gasteiger partial charge in [0.1, 0.15) is 13.2 Å². The normalized spacial score (nSPS) is 12.7. The number of amides is 1. The van der Waals surface area contributed by atoms with Crippen LogP contribution in [0.5, 0.6) is 11.5 Å². The monoisotopic (exact) mass is 348 g/mol. The zero-order chi connectivity index (χ0) is 16.9. The van der Waals surface area contributed by atoms with Gasteiger partial charge in [0.15, 0.2) is 17.2 Å². The topological polar surface area (TPSA) is 97.8 Å². The first-order chi connectivity index (χ1) is 11.6. The number of fused-ring (bicyclic) bond motifs is 1. The molecular formula is C16H16N2O5S. The van der Waals surface area contributed by atoms with Crippen molar-refractivity contribution in [2.45, 2.75) is 12.8 Å². The fourth-order valence-corrected chi connectivity index (χ4v) is 3.05. The Kier molecular flexibility index (Phi) is 4.95. The summed E-state index contributed by atoms with van der Waals surface area (Å²) in [7, 11) is 0. The van der Waals surface area contributed by atoms with Gasteiger partial charge in [0, 0.05) is 18.3 Å². The first-order valence-corrected chi connectivity index (χ1v) is 8.33. The van der Waals surface area contributed by atoms with Crippen molar-refractivity contribution in [2.24, 2.45) is 0 Å². The van der Waals surface area contributed by atoms with E-state index in [1.165, 1.54) is 16.7 Å². The number of benzene rings is 1. The Morgan fingerprint density at radius 2 is 2.04 bits per heavy atom. The molecule has 0 spiro atoms. The van der Waals surface area contributed by atoms with E-state index in [-0.39, 0.29) is 18.0 Å². The van der Waals surface area contributed by atoms with Crippen molar-refractivity contribution in [1.82, 2.24) is 10.3 Å². The average Bonchev–Trinajstić information content (AvgIpc) is 3.04. The molecule has 0 unspecified atom stereocenters. The lowest BCUT2D eigenvalue weighted by atomic mass is 10.1. The van der Waals surface area contributed by atoms with Gasteiger partial charge < -0.3 is 19.9 Å². The molecule has 126 valence electrons. The van der Waals surface area contributed by atoms with E-state index in [0.717, 1.165) is 5.56 Å². The number of hydrogen-bond acceptors (Lipinski definition) is 6. The molecule has 0 fully saturated rings. The van der Waals surface area contributed by atoms with Gasteiger partial charge in [-0.15, -0.1) is 11.3 Å². The lowest BCUT2D eigenvalue weighted by molar-refractivity contribution is -0.120. The highest BCUT2D eigenvalue weighted by atomic mass is 32.1. The number of aromatic carboxylic acids is 1. The first kappa shape index (κ1) is 16.3. The van der Waals surface area contributed by atoms with Gasteiger partial charge in [0.2, 0.25) is 5.91 Å². The van der Waals surface area contributed by atoms with Gasteiger partial charge in [-0.1, -0.05) is 6.07 Å². The number of rotatable bonds is 6. The molecule has 2 aromatic rings. The number of aromatic nitrogens is 1. The molecule has 3 rings (SSSR count). The SMILES string of the molecule is O=C(Cc1ccc2c(c1)OCCO2)NCCc1nc(C(=O)O)cs1. The van der Waals surface area contributed by atoms with Gasteiger partial charge in [-0.25, -0.2) is 9.78 Å². The molecule has 1 aliphatic heterocycles. The molecule has 0 bridgehead atoms. The van der Waals surface area contributed by atoms with E-state index in [9.17, 15) is 9.59 Å². The van der Waals surface area contributed by atoms with Gasteiger partial charge in [0.25, 0.3) is 0 Å². The third-order valence-electron chi connectivity index (χ3n) is 3.40. The predicted octanol–water partition coefficient (Wildman–Crippen LogP) is 1.51. The molecule has 0 saturated heterocycles. The number of carbonyl (C=O) groups excluding carboxylic acids is 1. The Hall–Kier alpha value is -2.61. The molecule has 2 N–H and O–H groups in total. The van der Waals surface area contributed by atoms with Crippen LogP contribution in [0, 0.1) is 0 Å². The maximum absolute atomic E-state index is 12.0. The second-order valence-corrected chi connectivity index (χ2v) is 6.13. The van der Waals surface area contributed by atoms with Gasteiger partial charge in [-0.3, -0.25) is 4.79 Å². The number of carbonyl (C=O) groups is 2. The van der Waals surface area contributed by atoms with E-state index in [1.807, 2.05) is 12.1 Å². The molecule has 1 aromatic carbocycles. The van der Waals surface area contributed by atoms with Gasteiger partial charge in [-0.2, -0.15) is 0 Å². The second-order valence-electron chi connectivity index (χ2n) is 5.19. The minimum atomic E-state index is -1.04. The number of ether oxygens (including phenoxy) is 2. The summed E-state index contributed by atoms with van der Waals surface area (Å²) in [5.41, 5.74) is 0.886. The quantitative estimate of drug-likeness (QED) is 0.821. The highest BCUT2D eigenvalue weighted by Crippen LogP contribution is 2.30. The van der Waals surface area contributed by atoms with Crippen LogP contribution >= 0.6 is 11.3 Å². The Labute approximate surface area is 142 Å². The second kappa shape index (κ2) is 7.31. The first-order valence-electron chi connectivity index (χ1n) is 7.45. The molecule has 1 aliphatic rings. The Morgan fingerprint density at radius 1 is 1.25 bits per heavy atom. The van der Waals surface area contributed by atoms with Crippen molar-refractivity contribution >= 4 is 23.2 Å². The molecule has 1 aromatic heterocycles. The molecule has 0 saturated carbocycles. The number of thiazole rings is 1. The summed E-state index contributed by atoms with van der Waals surface area (Å²) in [6, 6.07) is 5.46. The van der Waals surface area contributed by atoms with Crippen LogP contribution < -0.4 is 14.8 Å². The van der Waals surface area contributed by atoms with E-state index in [4.69, 9.17) is 14.6 Å². The number of carboxylic acids is 1. The van der Waals surface area contributed by atoms with Crippen molar-refractivity contribution in [3.05, 3.63) is 39.8 Å². The van der Waals surface area contributed by atoms with Crippen LogP contribution in [0.25, 0.3) is 0 Å². The van der Waals surface area contributed by atoms with Crippen LogP contribution in [0.2, 0.25) is 0 Å². The van der Waals surface area contributed by atoms with Crippen LogP contribution in [0.4, 0.5) is 0 Å². The highest BCUT2D eigenvalue weighted by molar-refractivity contribution is 7.09. The molecule has 0 atom stereocenters. The molecular weight excluding hydrogens is 332 g/mol. The number of carboxylic acid groups (broad SMARTS) is 1. The molecule has 7 nitrogen and oxygen atoms in total. The van der Waals surface area contributed by atoms with Crippen LogP contribution in [-0.2, 0) is 17.6 Å². The number of nitrogens with zero attached hydrogens (tertiary/aromatic N) is 1. The van der Waals surface area contributed by atoms with E-state index in [1.54, 1.807) is 6.07 Å². The van der Waals surface area contributed by atoms with E-state index >= 15 is 0 Å². The van der Waals surface area contributed by atoms with Crippen molar-refractivity contribution in [3.8, 4) is 11.5 Å². The number of nitrogens with one attached hydrogen (secondary N) is 1. The lowest BCUT2D eigenvalue weighted by Gasteiger charge is -2.18.